The lowest BCUT2D eigenvalue weighted by Crippen LogP contribution is -2.08. The van der Waals surface area contributed by atoms with Crippen LogP contribution in [0.15, 0.2) is 48.8 Å². The van der Waals surface area contributed by atoms with Crippen molar-refractivity contribution in [3.63, 3.8) is 0 Å². The molecule has 0 bridgehead atoms. The number of rotatable bonds is 4. The van der Waals surface area contributed by atoms with E-state index in [0.717, 1.165) is 27.8 Å². The highest BCUT2D eigenvalue weighted by atomic mass is 16.5. The Morgan fingerprint density at radius 2 is 1.83 bits per heavy atom. The summed E-state index contributed by atoms with van der Waals surface area (Å²) < 4.78 is 10.5. The predicted octanol–water partition coefficient (Wildman–Crippen LogP) is 3.30. The number of ether oxygens (including phenoxy) is 2. The molecule has 0 atom stereocenters. The monoisotopic (exact) mass is 308 g/mol. The fraction of sp³-hybridized carbons (Fsp3) is 0.167. The van der Waals surface area contributed by atoms with Crippen molar-refractivity contribution < 1.29 is 14.3 Å². The number of hydrogen-bond donors (Lipinski definition) is 0. The van der Waals surface area contributed by atoms with E-state index in [2.05, 4.69) is 9.97 Å². The number of nitrogens with zero attached hydrogens (tertiary/aromatic N) is 2. The molecule has 5 heteroatoms. The zero-order chi connectivity index (χ0) is 16.2. The standard InChI is InChI=1S/C18H16N2O3/c1-12-7-17(20-11-19-12)18(21)23-10-13-3-4-15-9-16(22-2)6-5-14(15)8-13/h3-9,11H,10H2,1-2H3. The minimum Gasteiger partial charge on any atom is -0.497 e. The number of hydrogen-bond acceptors (Lipinski definition) is 5. The van der Waals surface area contributed by atoms with Crippen LogP contribution in [0.25, 0.3) is 10.8 Å². The van der Waals surface area contributed by atoms with Gasteiger partial charge in [0.05, 0.1) is 7.11 Å². The summed E-state index contributed by atoms with van der Waals surface area (Å²) >= 11 is 0. The molecular weight excluding hydrogens is 292 g/mol. The average molecular weight is 308 g/mol. The molecule has 0 fully saturated rings. The van der Waals surface area contributed by atoms with E-state index in [9.17, 15) is 4.79 Å². The smallest absolute Gasteiger partial charge is 0.357 e. The summed E-state index contributed by atoms with van der Waals surface area (Å²) in [5.41, 5.74) is 1.91. The van der Waals surface area contributed by atoms with Crippen LogP contribution in [0.1, 0.15) is 21.7 Å². The Kier molecular flexibility index (Phi) is 4.19. The first-order valence-corrected chi connectivity index (χ1v) is 7.18. The molecule has 0 radical (unpaired) electrons. The van der Waals surface area contributed by atoms with Gasteiger partial charge in [-0.2, -0.15) is 0 Å². The van der Waals surface area contributed by atoms with E-state index in [4.69, 9.17) is 9.47 Å². The number of benzene rings is 2. The van der Waals surface area contributed by atoms with Crippen LogP contribution >= 0.6 is 0 Å². The van der Waals surface area contributed by atoms with Crippen LogP contribution in [-0.4, -0.2) is 23.0 Å². The zero-order valence-corrected chi connectivity index (χ0v) is 12.9. The van der Waals surface area contributed by atoms with Gasteiger partial charge in [0.25, 0.3) is 0 Å². The van der Waals surface area contributed by atoms with Crippen LogP contribution in [0, 0.1) is 6.92 Å². The summed E-state index contributed by atoms with van der Waals surface area (Å²) in [5.74, 6) is 0.362. The topological polar surface area (TPSA) is 61.3 Å². The SMILES string of the molecule is COc1ccc2cc(COC(=O)c3cc(C)ncn3)ccc2c1. The van der Waals surface area contributed by atoms with Crippen LogP contribution in [0.5, 0.6) is 5.75 Å². The van der Waals surface area contributed by atoms with Crippen LogP contribution in [-0.2, 0) is 11.3 Å². The molecule has 0 aliphatic carbocycles. The van der Waals surface area contributed by atoms with E-state index in [1.165, 1.54) is 6.33 Å². The van der Waals surface area contributed by atoms with Crippen LogP contribution < -0.4 is 4.74 Å². The van der Waals surface area contributed by atoms with Gasteiger partial charge in [0, 0.05) is 5.69 Å². The number of aromatic nitrogens is 2. The van der Waals surface area contributed by atoms with Gasteiger partial charge in [-0.3, -0.25) is 0 Å². The van der Waals surface area contributed by atoms with Crippen molar-refractivity contribution in [1.29, 1.82) is 0 Å². The van der Waals surface area contributed by atoms with Crippen molar-refractivity contribution in [3.05, 3.63) is 65.7 Å². The lowest BCUT2D eigenvalue weighted by atomic mass is 10.1. The fourth-order valence-electron chi connectivity index (χ4n) is 2.28. The van der Waals surface area contributed by atoms with Crippen molar-refractivity contribution in [1.82, 2.24) is 9.97 Å². The van der Waals surface area contributed by atoms with E-state index in [-0.39, 0.29) is 12.3 Å². The maximum Gasteiger partial charge on any atom is 0.357 e. The van der Waals surface area contributed by atoms with Gasteiger partial charge in [-0.05, 0) is 47.5 Å². The van der Waals surface area contributed by atoms with E-state index in [1.807, 2.05) is 36.4 Å². The normalized spacial score (nSPS) is 10.5. The third-order valence-electron chi connectivity index (χ3n) is 3.49. The molecule has 0 N–H and O–H groups in total. The molecule has 0 aliphatic rings. The van der Waals surface area contributed by atoms with Gasteiger partial charge in [-0.15, -0.1) is 0 Å². The molecule has 116 valence electrons. The van der Waals surface area contributed by atoms with Gasteiger partial charge in [-0.1, -0.05) is 18.2 Å². The van der Waals surface area contributed by atoms with Crippen LogP contribution in [0.3, 0.4) is 0 Å². The number of carbonyl (C=O) groups is 1. The van der Waals surface area contributed by atoms with Gasteiger partial charge in [-0.25, -0.2) is 14.8 Å². The molecule has 3 rings (SSSR count). The molecule has 1 aromatic heterocycles. The summed E-state index contributed by atoms with van der Waals surface area (Å²) in [6.07, 6.45) is 1.36. The quantitative estimate of drug-likeness (QED) is 0.692. The summed E-state index contributed by atoms with van der Waals surface area (Å²) in [6.45, 7) is 2.00. The molecule has 2 aromatic carbocycles. The van der Waals surface area contributed by atoms with Gasteiger partial charge >= 0.3 is 5.97 Å². The lowest BCUT2D eigenvalue weighted by Gasteiger charge is -2.07. The highest BCUT2D eigenvalue weighted by Gasteiger charge is 2.09. The maximum atomic E-state index is 12.0. The second kappa shape index (κ2) is 6.44. The van der Waals surface area contributed by atoms with E-state index >= 15 is 0 Å². The van der Waals surface area contributed by atoms with Gasteiger partial charge < -0.3 is 9.47 Å². The summed E-state index contributed by atoms with van der Waals surface area (Å²) in [6, 6.07) is 13.4. The third kappa shape index (κ3) is 3.45. The summed E-state index contributed by atoms with van der Waals surface area (Å²) in [4.78, 5) is 19.9. The van der Waals surface area contributed by atoms with Gasteiger partial charge in [0.15, 0.2) is 5.69 Å². The highest BCUT2D eigenvalue weighted by molar-refractivity contribution is 5.87. The largest absolute Gasteiger partial charge is 0.497 e. The third-order valence-corrected chi connectivity index (χ3v) is 3.49. The van der Waals surface area contributed by atoms with Crippen molar-refractivity contribution in [2.24, 2.45) is 0 Å². The zero-order valence-electron chi connectivity index (χ0n) is 12.9. The van der Waals surface area contributed by atoms with Crippen LogP contribution in [0.2, 0.25) is 0 Å². The molecule has 0 saturated carbocycles. The van der Waals surface area contributed by atoms with Crippen molar-refractivity contribution in [2.45, 2.75) is 13.5 Å². The number of aryl methyl sites for hydroxylation is 1. The predicted molar refractivity (Wildman–Crippen MR) is 86.4 cm³/mol. The second-order valence-electron chi connectivity index (χ2n) is 5.17. The van der Waals surface area contributed by atoms with E-state index in [0.29, 0.717) is 0 Å². The first-order chi connectivity index (χ1) is 11.2. The first kappa shape index (κ1) is 15.0. The molecule has 0 amide bonds. The Labute approximate surface area is 133 Å². The molecule has 0 spiro atoms. The minimum absolute atomic E-state index is 0.198. The first-order valence-electron chi connectivity index (χ1n) is 7.18. The van der Waals surface area contributed by atoms with E-state index in [1.54, 1.807) is 20.1 Å². The highest BCUT2D eigenvalue weighted by Crippen LogP contribution is 2.22. The second-order valence-corrected chi connectivity index (χ2v) is 5.17. The summed E-state index contributed by atoms with van der Waals surface area (Å²) in [5, 5.41) is 2.14. The van der Waals surface area contributed by atoms with Crippen molar-refractivity contribution >= 4 is 16.7 Å². The molecule has 0 aliphatic heterocycles. The van der Waals surface area contributed by atoms with Gasteiger partial charge in [0.1, 0.15) is 18.7 Å². The van der Waals surface area contributed by atoms with Gasteiger partial charge in [0.2, 0.25) is 0 Å². The Morgan fingerprint density at radius 1 is 1.04 bits per heavy atom. The molecule has 0 saturated heterocycles. The Morgan fingerprint density at radius 3 is 2.61 bits per heavy atom. The Balaban J connectivity index is 1.73. The number of methoxy groups -OCH3 is 1. The number of carbonyl (C=O) groups excluding carboxylic acids is 1. The Hall–Kier alpha value is -2.95. The van der Waals surface area contributed by atoms with Crippen LogP contribution in [0.4, 0.5) is 0 Å². The van der Waals surface area contributed by atoms with E-state index < -0.39 is 5.97 Å². The van der Waals surface area contributed by atoms with Crippen molar-refractivity contribution in [3.8, 4) is 5.75 Å². The fourth-order valence-corrected chi connectivity index (χ4v) is 2.28. The molecule has 1 heterocycles. The molecule has 5 nitrogen and oxygen atoms in total. The number of esters is 1. The molecule has 23 heavy (non-hydrogen) atoms. The maximum absolute atomic E-state index is 12.0. The summed E-state index contributed by atoms with van der Waals surface area (Å²) in [7, 11) is 1.64. The minimum atomic E-state index is -0.453. The number of fused-ring (bicyclic) bond motifs is 1. The Bertz CT molecular complexity index is 862. The molecule has 3 aromatic rings. The molecular formula is C18H16N2O3. The lowest BCUT2D eigenvalue weighted by molar-refractivity contribution is 0.0465. The molecule has 0 unspecified atom stereocenters. The van der Waals surface area contributed by atoms with Crippen molar-refractivity contribution in [2.75, 3.05) is 7.11 Å². The average Bonchev–Trinajstić information content (AvgIpc) is 2.59.